The molecular formula is C16H22ClNO. The van der Waals surface area contributed by atoms with Crippen molar-refractivity contribution < 1.29 is 4.74 Å². The molecule has 1 N–H and O–H groups in total. The fraction of sp³-hybridized carbons (Fsp3) is 0.500. The van der Waals surface area contributed by atoms with Crippen LogP contribution in [0.15, 0.2) is 36.9 Å². The number of rotatable bonds is 9. The molecule has 0 bridgehead atoms. The van der Waals surface area contributed by atoms with Crippen molar-refractivity contribution in [1.29, 1.82) is 0 Å². The first kappa shape index (κ1) is 14.6. The van der Waals surface area contributed by atoms with Gasteiger partial charge in [-0.25, -0.2) is 0 Å². The highest BCUT2D eigenvalue weighted by molar-refractivity contribution is 6.30. The minimum Gasteiger partial charge on any atom is -0.380 e. The molecule has 0 spiro atoms. The van der Waals surface area contributed by atoms with Gasteiger partial charge in [0.05, 0.1) is 13.2 Å². The summed E-state index contributed by atoms with van der Waals surface area (Å²) >= 11 is 5.94. The lowest BCUT2D eigenvalue weighted by Gasteiger charge is -2.19. The second-order valence-electron chi connectivity index (χ2n) is 5.01. The summed E-state index contributed by atoms with van der Waals surface area (Å²) in [6.07, 6.45) is 5.44. The number of benzene rings is 1. The van der Waals surface area contributed by atoms with Crippen molar-refractivity contribution in [2.24, 2.45) is 5.92 Å². The van der Waals surface area contributed by atoms with Crippen LogP contribution in [0.3, 0.4) is 0 Å². The molecule has 1 aromatic rings. The number of halogens is 1. The van der Waals surface area contributed by atoms with E-state index in [1.807, 2.05) is 18.2 Å². The van der Waals surface area contributed by atoms with E-state index in [0.717, 1.165) is 37.1 Å². The summed E-state index contributed by atoms with van der Waals surface area (Å²) < 4.78 is 5.52. The zero-order valence-corrected chi connectivity index (χ0v) is 12.0. The molecule has 0 saturated heterocycles. The highest BCUT2D eigenvalue weighted by atomic mass is 35.5. The first-order valence-corrected chi connectivity index (χ1v) is 7.36. The molecule has 3 heteroatoms. The van der Waals surface area contributed by atoms with Crippen LogP contribution in [-0.2, 0) is 4.74 Å². The molecule has 2 nitrogen and oxygen atoms in total. The van der Waals surface area contributed by atoms with Crippen LogP contribution in [0.1, 0.15) is 30.9 Å². The number of hydrogen-bond donors (Lipinski definition) is 1. The fourth-order valence-electron chi connectivity index (χ4n) is 2.21. The number of nitrogens with one attached hydrogen (secondary N) is 1. The van der Waals surface area contributed by atoms with Gasteiger partial charge in [0.15, 0.2) is 0 Å². The van der Waals surface area contributed by atoms with E-state index in [2.05, 4.69) is 24.0 Å². The van der Waals surface area contributed by atoms with Crippen LogP contribution in [0, 0.1) is 5.92 Å². The van der Waals surface area contributed by atoms with Crippen LogP contribution in [0.2, 0.25) is 5.02 Å². The van der Waals surface area contributed by atoms with Gasteiger partial charge in [0.1, 0.15) is 0 Å². The average Bonchev–Trinajstić information content (AvgIpc) is 3.24. The Morgan fingerprint density at radius 3 is 2.68 bits per heavy atom. The maximum atomic E-state index is 5.94. The van der Waals surface area contributed by atoms with Gasteiger partial charge < -0.3 is 10.1 Å². The van der Waals surface area contributed by atoms with E-state index >= 15 is 0 Å². The van der Waals surface area contributed by atoms with E-state index < -0.39 is 0 Å². The lowest BCUT2D eigenvalue weighted by Crippen LogP contribution is -2.26. The summed E-state index contributed by atoms with van der Waals surface area (Å²) in [7, 11) is 0. The van der Waals surface area contributed by atoms with Gasteiger partial charge in [-0.1, -0.05) is 29.8 Å². The van der Waals surface area contributed by atoms with Crippen molar-refractivity contribution in [3.05, 3.63) is 47.5 Å². The quantitative estimate of drug-likeness (QED) is 0.545. The van der Waals surface area contributed by atoms with Crippen LogP contribution in [0.4, 0.5) is 0 Å². The van der Waals surface area contributed by atoms with Gasteiger partial charge in [0.2, 0.25) is 0 Å². The largest absolute Gasteiger partial charge is 0.380 e. The van der Waals surface area contributed by atoms with E-state index in [0.29, 0.717) is 6.04 Å². The zero-order chi connectivity index (χ0) is 13.5. The second kappa shape index (κ2) is 7.68. The lowest BCUT2D eigenvalue weighted by atomic mass is 10.0. The van der Waals surface area contributed by atoms with Crippen LogP contribution in [-0.4, -0.2) is 19.8 Å². The molecule has 104 valence electrons. The van der Waals surface area contributed by atoms with Gasteiger partial charge in [-0.15, -0.1) is 6.58 Å². The van der Waals surface area contributed by atoms with E-state index in [4.69, 9.17) is 16.3 Å². The first-order valence-electron chi connectivity index (χ1n) is 6.98. The normalized spacial score (nSPS) is 16.3. The number of hydrogen-bond acceptors (Lipinski definition) is 2. The van der Waals surface area contributed by atoms with Crippen molar-refractivity contribution in [1.82, 2.24) is 5.32 Å². The van der Waals surface area contributed by atoms with Gasteiger partial charge in [-0.3, -0.25) is 0 Å². The molecule has 0 amide bonds. The fourth-order valence-corrected chi connectivity index (χ4v) is 2.34. The molecule has 1 saturated carbocycles. The molecule has 0 aromatic heterocycles. The highest BCUT2D eigenvalue weighted by Crippen LogP contribution is 2.41. The van der Waals surface area contributed by atoms with Gasteiger partial charge in [0.25, 0.3) is 0 Å². The molecule has 0 aliphatic heterocycles. The molecule has 1 aromatic carbocycles. The van der Waals surface area contributed by atoms with Crippen molar-refractivity contribution >= 4 is 11.6 Å². The minimum atomic E-state index is 0.445. The Hall–Kier alpha value is -0.830. The van der Waals surface area contributed by atoms with Crippen LogP contribution < -0.4 is 5.32 Å². The zero-order valence-electron chi connectivity index (χ0n) is 11.3. The molecule has 1 atom stereocenters. The van der Waals surface area contributed by atoms with E-state index in [1.54, 1.807) is 0 Å². The SMILES string of the molecule is C=CCCOCCNC(c1ccc(Cl)cc1)C1CC1. The summed E-state index contributed by atoms with van der Waals surface area (Å²) in [5.41, 5.74) is 1.33. The summed E-state index contributed by atoms with van der Waals surface area (Å²) in [5.74, 6) is 0.773. The summed E-state index contributed by atoms with van der Waals surface area (Å²) in [4.78, 5) is 0. The molecule has 1 unspecified atom stereocenters. The van der Waals surface area contributed by atoms with E-state index in [9.17, 15) is 0 Å². The molecule has 1 aliphatic carbocycles. The van der Waals surface area contributed by atoms with Gasteiger partial charge in [-0.05, 0) is 42.9 Å². The maximum absolute atomic E-state index is 5.94. The lowest BCUT2D eigenvalue weighted by molar-refractivity contribution is 0.137. The number of ether oxygens (including phenoxy) is 1. The molecule has 1 aliphatic rings. The third kappa shape index (κ3) is 4.98. The maximum Gasteiger partial charge on any atom is 0.0591 e. The predicted molar refractivity (Wildman–Crippen MR) is 80.6 cm³/mol. The molecular weight excluding hydrogens is 258 g/mol. The Labute approximate surface area is 120 Å². The Balaban J connectivity index is 1.77. The monoisotopic (exact) mass is 279 g/mol. The van der Waals surface area contributed by atoms with Crippen LogP contribution in [0.25, 0.3) is 0 Å². The Morgan fingerprint density at radius 2 is 2.05 bits per heavy atom. The molecule has 0 heterocycles. The minimum absolute atomic E-state index is 0.445. The summed E-state index contributed by atoms with van der Waals surface area (Å²) in [5, 5.41) is 4.40. The van der Waals surface area contributed by atoms with Gasteiger partial charge in [-0.2, -0.15) is 0 Å². The Morgan fingerprint density at radius 1 is 1.32 bits per heavy atom. The molecule has 2 rings (SSSR count). The topological polar surface area (TPSA) is 21.3 Å². The van der Waals surface area contributed by atoms with Crippen LogP contribution >= 0.6 is 11.6 Å². The van der Waals surface area contributed by atoms with Crippen molar-refractivity contribution in [3.8, 4) is 0 Å². The van der Waals surface area contributed by atoms with E-state index in [-0.39, 0.29) is 0 Å². The highest BCUT2D eigenvalue weighted by Gasteiger charge is 2.31. The van der Waals surface area contributed by atoms with Gasteiger partial charge in [0, 0.05) is 17.6 Å². The Kier molecular flexibility index (Phi) is 5.90. The van der Waals surface area contributed by atoms with Crippen molar-refractivity contribution in [2.75, 3.05) is 19.8 Å². The molecule has 19 heavy (non-hydrogen) atoms. The predicted octanol–water partition coefficient (Wildman–Crippen LogP) is 3.97. The van der Waals surface area contributed by atoms with Crippen molar-refractivity contribution in [2.45, 2.75) is 25.3 Å². The molecule has 0 radical (unpaired) electrons. The smallest absolute Gasteiger partial charge is 0.0591 e. The van der Waals surface area contributed by atoms with E-state index in [1.165, 1.54) is 18.4 Å². The third-order valence-corrected chi connectivity index (χ3v) is 3.65. The summed E-state index contributed by atoms with van der Waals surface area (Å²) in [6, 6.07) is 8.62. The third-order valence-electron chi connectivity index (χ3n) is 3.40. The van der Waals surface area contributed by atoms with Crippen LogP contribution in [0.5, 0.6) is 0 Å². The second-order valence-corrected chi connectivity index (χ2v) is 5.45. The van der Waals surface area contributed by atoms with Gasteiger partial charge >= 0.3 is 0 Å². The standard InChI is InChI=1S/C16H22ClNO/c1-2-3-11-19-12-10-18-16(13-4-5-13)14-6-8-15(17)9-7-14/h2,6-9,13,16,18H,1,3-5,10-12H2. The first-order chi connectivity index (χ1) is 9.31. The van der Waals surface area contributed by atoms with Crippen molar-refractivity contribution in [3.63, 3.8) is 0 Å². The Bertz CT molecular complexity index is 386. The summed E-state index contributed by atoms with van der Waals surface area (Å²) in [6.45, 7) is 6.09. The average molecular weight is 280 g/mol. The molecule has 1 fully saturated rings.